The SMILES string of the molecule is CC(C)[C@H](NC(=O)[C@@H](N)COCc1ccccc1)C(=O)N(C(=O)OCc1ccccc1)c1n[nH]c(=S)s1. The lowest BCUT2D eigenvalue weighted by atomic mass is 10.0. The molecule has 3 rings (SSSR count). The zero-order chi connectivity index (χ0) is 26.8. The van der Waals surface area contributed by atoms with E-state index in [2.05, 4.69) is 15.5 Å². The highest BCUT2D eigenvalue weighted by molar-refractivity contribution is 7.73. The van der Waals surface area contributed by atoms with Crippen LogP contribution in [0.3, 0.4) is 0 Å². The van der Waals surface area contributed by atoms with Gasteiger partial charge in [0.1, 0.15) is 18.7 Å². The van der Waals surface area contributed by atoms with Crippen molar-refractivity contribution in [2.75, 3.05) is 11.5 Å². The third-order valence-corrected chi connectivity index (χ3v) is 6.28. The number of carbonyl (C=O) groups is 3. The number of aromatic amines is 1. The molecule has 1 aromatic heterocycles. The van der Waals surface area contributed by atoms with Crippen molar-refractivity contribution in [3.05, 3.63) is 75.7 Å². The second kappa shape index (κ2) is 13.7. The molecule has 37 heavy (non-hydrogen) atoms. The van der Waals surface area contributed by atoms with Crippen LogP contribution in [0.4, 0.5) is 9.93 Å². The fourth-order valence-electron chi connectivity index (χ4n) is 3.23. The van der Waals surface area contributed by atoms with Gasteiger partial charge in [-0.15, -0.1) is 5.10 Å². The van der Waals surface area contributed by atoms with Crippen molar-refractivity contribution in [1.82, 2.24) is 15.5 Å². The summed E-state index contributed by atoms with van der Waals surface area (Å²) < 4.78 is 11.2. The number of nitrogens with one attached hydrogen (secondary N) is 2. The number of anilines is 1. The van der Waals surface area contributed by atoms with Crippen LogP contribution in [-0.4, -0.2) is 46.8 Å². The molecule has 1 heterocycles. The topological polar surface area (TPSA) is 140 Å². The second-order valence-corrected chi connectivity index (χ2v) is 10.1. The number of nitrogens with two attached hydrogens (primary N) is 1. The van der Waals surface area contributed by atoms with Crippen LogP contribution in [-0.2, 0) is 32.3 Å². The Labute approximate surface area is 223 Å². The highest BCUT2D eigenvalue weighted by Crippen LogP contribution is 2.22. The van der Waals surface area contributed by atoms with Crippen molar-refractivity contribution in [3.63, 3.8) is 0 Å². The van der Waals surface area contributed by atoms with Gasteiger partial charge in [0.15, 0.2) is 3.95 Å². The molecular weight excluding hydrogens is 514 g/mol. The predicted molar refractivity (Wildman–Crippen MR) is 142 cm³/mol. The first-order valence-electron chi connectivity index (χ1n) is 11.5. The van der Waals surface area contributed by atoms with Crippen molar-refractivity contribution in [2.45, 2.75) is 39.1 Å². The van der Waals surface area contributed by atoms with Gasteiger partial charge in [0.25, 0.3) is 5.91 Å². The van der Waals surface area contributed by atoms with Gasteiger partial charge in [0.05, 0.1) is 13.2 Å². The summed E-state index contributed by atoms with van der Waals surface area (Å²) in [7, 11) is 0. The number of amides is 3. The van der Waals surface area contributed by atoms with Crippen LogP contribution in [0.2, 0.25) is 0 Å². The lowest BCUT2D eigenvalue weighted by molar-refractivity contribution is -0.130. The van der Waals surface area contributed by atoms with Crippen LogP contribution in [0.5, 0.6) is 0 Å². The molecule has 0 fully saturated rings. The number of benzene rings is 2. The van der Waals surface area contributed by atoms with Crippen molar-refractivity contribution >= 4 is 46.6 Å². The Morgan fingerprint density at radius 2 is 1.65 bits per heavy atom. The monoisotopic (exact) mass is 543 g/mol. The normalized spacial score (nSPS) is 12.5. The number of imide groups is 1. The smallest absolute Gasteiger partial charge is 0.423 e. The quantitative estimate of drug-likeness (QED) is 0.312. The molecule has 10 nitrogen and oxygen atoms in total. The minimum Gasteiger partial charge on any atom is -0.444 e. The number of H-pyrrole nitrogens is 1. The molecule has 12 heteroatoms. The van der Waals surface area contributed by atoms with Gasteiger partial charge in [-0.1, -0.05) is 85.8 Å². The summed E-state index contributed by atoms with van der Waals surface area (Å²) in [4.78, 5) is 40.2. The Balaban J connectivity index is 1.69. The minimum atomic E-state index is -1.09. The molecule has 0 aliphatic heterocycles. The first-order chi connectivity index (χ1) is 17.8. The Morgan fingerprint density at radius 1 is 1.05 bits per heavy atom. The summed E-state index contributed by atoms with van der Waals surface area (Å²) >= 11 is 6.01. The fourth-order valence-corrected chi connectivity index (χ4v) is 4.10. The highest BCUT2D eigenvalue weighted by atomic mass is 32.1. The summed E-state index contributed by atoms with van der Waals surface area (Å²) in [5.41, 5.74) is 7.69. The third kappa shape index (κ3) is 8.29. The van der Waals surface area contributed by atoms with Gasteiger partial charge < -0.3 is 20.5 Å². The molecule has 2 atom stereocenters. The molecule has 0 aliphatic carbocycles. The summed E-state index contributed by atoms with van der Waals surface area (Å²) in [6, 6.07) is 16.4. The maximum absolute atomic E-state index is 13.6. The molecule has 0 radical (unpaired) electrons. The summed E-state index contributed by atoms with van der Waals surface area (Å²) in [6.45, 7) is 3.66. The maximum Gasteiger partial charge on any atom is 0.423 e. The summed E-state index contributed by atoms with van der Waals surface area (Å²) in [6.07, 6.45) is -0.943. The van der Waals surface area contributed by atoms with Crippen molar-refractivity contribution in [1.29, 1.82) is 0 Å². The number of hydrogen-bond acceptors (Lipinski definition) is 9. The van der Waals surface area contributed by atoms with Crippen LogP contribution in [0.25, 0.3) is 0 Å². The van der Waals surface area contributed by atoms with Crippen LogP contribution < -0.4 is 16.0 Å². The number of aromatic nitrogens is 2. The minimum absolute atomic E-state index is 0.00320. The molecule has 0 spiro atoms. The average Bonchev–Trinajstić information content (AvgIpc) is 3.32. The lowest BCUT2D eigenvalue weighted by Crippen LogP contribution is -2.56. The van der Waals surface area contributed by atoms with Crippen molar-refractivity contribution < 1.29 is 23.9 Å². The molecule has 2 aromatic carbocycles. The van der Waals surface area contributed by atoms with E-state index in [-0.39, 0.29) is 28.2 Å². The van der Waals surface area contributed by atoms with E-state index in [1.165, 1.54) is 0 Å². The average molecular weight is 544 g/mol. The maximum atomic E-state index is 13.6. The van der Waals surface area contributed by atoms with Gasteiger partial charge in [-0.25, -0.2) is 4.79 Å². The number of nitrogens with zero attached hydrogens (tertiary/aromatic N) is 2. The zero-order valence-corrected chi connectivity index (χ0v) is 22.1. The van der Waals surface area contributed by atoms with Gasteiger partial charge in [0, 0.05) is 0 Å². The first kappa shape index (κ1) is 28.1. The van der Waals surface area contributed by atoms with E-state index in [1.807, 2.05) is 48.5 Å². The van der Waals surface area contributed by atoms with Gasteiger partial charge in [-0.05, 0) is 29.3 Å². The van der Waals surface area contributed by atoms with Crippen molar-refractivity contribution in [2.24, 2.45) is 11.7 Å². The zero-order valence-electron chi connectivity index (χ0n) is 20.5. The fraction of sp³-hybridized carbons (Fsp3) is 0.320. The number of hydrogen-bond donors (Lipinski definition) is 3. The predicted octanol–water partition coefficient (Wildman–Crippen LogP) is 3.56. The number of ether oxygens (including phenoxy) is 2. The van der Waals surface area contributed by atoms with E-state index in [9.17, 15) is 14.4 Å². The van der Waals surface area contributed by atoms with Gasteiger partial charge >= 0.3 is 6.09 Å². The Kier molecular flexibility index (Phi) is 10.4. The molecule has 0 aliphatic rings. The molecule has 4 N–H and O–H groups in total. The molecule has 3 amide bonds. The lowest BCUT2D eigenvalue weighted by Gasteiger charge is -2.27. The van der Waals surface area contributed by atoms with E-state index in [1.54, 1.807) is 26.0 Å². The third-order valence-electron chi connectivity index (χ3n) is 5.20. The molecule has 0 unspecified atom stereocenters. The van der Waals surface area contributed by atoms with Crippen LogP contribution >= 0.6 is 23.6 Å². The van der Waals surface area contributed by atoms with E-state index in [0.29, 0.717) is 6.61 Å². The van der Waals surface area contributed by atoms with Crippen LogP contribution in [0.1, 0.15) is 25.0 Å². The van der Waals surface area contributed by atoms with Crippen LogP contribution in [0.15, 0.2) is 60.7 Å². The van der Waals surface area contributed by atoms with Gasteiger partial charge in [-0.3, -0.25) is 14.7 Å². The molecular formula is C25H29N5O5S2. The van der Waals surface area contributed by atoms with E-state index >= 15 is 0 Å². The summed E-state index contributed by atoms with van der Waals surface area (Å²) in [5.74, 6) is -1.70. The largest absolute Gasteiger partial charge is 0.444 e. The Morgan fingerprint density at radius 3 is 2.19 bits per heavy atom. The number of rotatable bonds is 11. The van der Waals surface area contributed by atoms with Crippen molar-refractivity contribution in [3.8, 4) is 0 Å². The molecule has 196 valence electrons. The highest BCUT2D eigenvalue weighted by Gasteiger charge is 2.36. The Bertz CT molecular complexity index is 1230. The van der Waals surface area contributed by atoms with Crippen LogP contribution in [0, 0.1) is 9.87 Å². The Hall–Kier alpha value is -3.45. The number of carbonyl (C=O) groups excluding carboxylic acids is 3. The standard InChI is InChI=1S/C25H29N5O5S2/c1-16(2)20(27-21(31)19(26)15-34-13-17-9-5-3-6-10-17)22(32)30(23-28-29-24(36)37-23)25(33)35-14-18-11-7-4-8-12-18/h3-12,16,19-20H,13-15,26H2,1-2H3,(H,27,31)(H,29,36)/t19-,20-/m0/s1. The van der Waals surface area contributed by atoms with E-state index in [4.69, 9.17) is 27.4 Å². The van der Waals surface area contributed by atoms with Gasteiger partial charge in [-0.2, -0.15) is 4.90 Å². The van der Waals surface area contributed by atoms with Gasteiger partial charge in [0.2, 0.25) is 11.0 Å². The first-order valence-corrected chi connectivity index (χ1v) is 12.8. The summed E-state index contributed by atoms with van der Waals surface area (Å²) in [5, 5.41) is 9.18. The second-order valence-electron chi connectivity index (χ2n) is 8.45. The molecule has 0 bridgehead atoms. The molecule has 0 saturated carbocycles. The van der Waals surface area contributed by atoms with E-state index in [0.717, 1.165) is 27.4 Å². The molecule has 0 saturated heterocycles. The molecule has 3 aromatic rings. The van der Waals surface area contributed by atoms with E-state index < -0.39 is 30.0 Å².